The fourth-order valence-corrected chi connectivity index (χ4v) is 0.521. The van der Waals surface area contributed by atoms with Gasteiger partial charge in [-0.2, -0.15) is 0 Å². The second kappa shape index (κ2) is 5.42. The number of hydrogen-bond donors (Lipinski definition) is 2. The Morgan fingerprint density at radius 2 is 2.00 bits per heavy atom. The molecule has 68 valence electrons. The Balaban J connectivity index is 0.000000561. The van der Waals surface area contributed by atoms with Crippen LogP contribution in [0.4, 0.5) is 14.6 Å². The lowest BCUT2D eigenvalue weighted by Crippen LogP contribution is -2.10. The molecule has 1 heterocycles. The molecule has 1 aromatic heterocycles. The molecule has 0 aromatic carbocycles. The maximum Gasteiger partial charge on any atom is 0.176 e. The van der Waals surface area contributed by atoms with Crippen molar-refractivity contribution in [3.8, 4) is 0 Å². The molecule has 1 aromatic rings. The number of anilines is 1. The molecule has 0 radical (unpaired) electrons. The number of nitrogen functional groups attached to an aromatic ring is 1. The normalized spacial score (nSPS) is 8.42. The Morgan fingerprint density at radius 1 is 1.42 bits per heavy atom. The van der Waals surface area contributed by atoms with Crippen molar-refractivity contribution < 1.29 is 8.78 Å². The predicted molar refractivity (Wildman–Crippen MR) is 43.3 cm³/mol. The molecular formula is C7H11F2N3. The standard InChI is InChI=1S/C5H5F2N3.C2H6/c6-3-1-4(7)5(10-8)9-2-3;1-2/h1-2H,8H2,(H,9,10);1-2H3. The highest BCUT2D eigenvalue weighted by Crippen LogP contribution is 2.08. The van der Waals surface area contributed by atoms with Gasteiger partial charge < -0.3 is 5.43 Å². The average molecular weight is 175 g/mol. The predicted octanol–water partition coefficient (Wildman–Crippen LogP) is 1.67. The Bertz CT molecular complexity index is 240. The Morgan fingerprint density at radius 3 is 2.42 bits per heavy atom. The maximum absolute atomic E-state index is 12.4. The number of rotatable bonds is 1. The summed E-state index contributed by atoms with van der Waals surface area (Å²) in [6, 6.07) is 0.697. The molecule has 0 aliphatic heterocycles. The summed E-state index contributed by atoms with van der Waals surface area (Å²) in [6.45, 7) is 4.00. The zero-order valence-corrected chi connectivity index (χ0v) is 6.94. The molecule has 0 aliphatic carbocycles. The second-order valence-corrected chi connectivity index (χ2v) is 1.63. The number of nitrogens with zero attached hydrogens (tertiary/aromatic N) is 1. The van der Waals surface area contributed by atoms with Crippen molar-refractivity contribution in [2.75, 3.05) is 5.43 Å². The lowest BCUT2D eigenvalue weighted by Gasteiger charge is -1.97. The Kier molecular flexibility index (Phi) is 4.87. The van der Waals surface area contributed by atoms with E-state index in [1.165, 1.54) is 0 Å². The van der Waals surface area contributed by atoms with E-state index in [2.05, 4.69) is 4.98 Å². The summed E-state index contributed by atoms with van der Waals surface area (Å²) >= 11 is 0. The van der Waals surface area contributed by atoms with E-state index in [-0.39, 0.29) is 5.82 Å². The number of nitrogens with one attached hydrogen (secondary N) is 1. The summed E-state index contributed by atoms with van der Waals surface area (Å²) in [6.07, 6.45) is 0.873. The fourth-order valence-electron chi connectivity index (χ4n) is 0.521. The molecule has 0 unspecified atom stereocenters. The van der Waals surface area contributed by atoms with Gasteiger partial charge in [0, 0.05) is 6.07 Å². The van der Waals surface area contributed by atoms with Crippen molar-refractivity contribution in [1.82, 2.24) is 4.98 Å². The molecule has 0 fully saturated rings. The second-order valence-electron chi connectivity index (χ2n) is 1.63. The smallest absolute Gasteiger partial charge is 0.176 e. The number of hydrazine groups is 1. The number of halogens is 2. The summed E-state index contributed by atoms with van der Waals surface area (Å²) in [5, 5.41) is 0. The monoisotopic (exact) mass is 175 g/mol. The van der Waals surface area contributed by atoms with E-state index in [9.17, 15) is 8.78 Å². The van der Waals surface area contributed by atoms with Gasteiger partial charge in [-0.1, -0.05) is 13.8 Å². The van der Waals surface area contributed by atoms with Crippen LogP contribution in [0.3, 0.4) is 0 Å². The maximum atomic E-state index is 12.4. The molecule has 0 spiro atoms. The highest BCUT2D eigenvalue weighted by molar-refractivity contribution is 5.33. The molecule has 3 nitrogen and oxygen atoms in total. The number of aromatic nitrogens is 1. The summed E-state index contributed by atoms with van der Waals surface area (Å²) in [5.74, 6) is 3.13. The first-order valence-electron chi connectivity index (χ1n) is 3.51. The lowest BCUT2D eigenvalue weighted by atomic mass is 10.4. The quantitative estimate of drug-likeness (QED) is 0.504. The number of pyridine rings is 1. The van der Waals surface area contributed by atoms with Gasteiger partial charge in [0.15, 0.2) is 11.6 Å². The van der Waals surface area contributed by atoms with Gasteiger partial charge in [-0.05, 0) is 0 Å². The third-order valence-corrected chi connectivity index (χ3v) is 0.945. The Hall–Kier alpha value is -1.23. The number of nitrogens with two attached hydrogens (primary N) is 1. The van der Waals surface area contributed by atoms with Crippen molar-refractivity contribution in [2.45, 2.75) is 13.8 Å². The van der Waals surface area contributed by atoms with Crippen molar-refractivity contribution in [3.63, 3.8) is 0 Å². The SMILES string of the molecule is CC.NNc1ncc(F)cc1F. The van der Waals surface area contributed by atoms with Gasteiger partial charge in [0.05, 0.1) is 6.20 Å². The van der Waals surface area contributed by atoms with E-state index in [0.717, 1.165) is 6.20 Å². The Labute approximate surface area is 69.6 Å². The van der Waals surface area contributed by atoms with Crippen molar-refractivity contribution in [2.24, 2.45) is 5.84 Å². The van der Waals surface area contributed by atoms with Gasteiger partial charge in [-0.3, -0.25) is 0 Å². The molecular weight excluding hydrogens is 164 g/mol. The average Bonchev–Trinajstić information content (AvgIpc) is 2.08. The molecule has 0 saturated carbocycles. The van der Waals surface area contributed by atoms with Crippen LogP contribution in [0.2, 0.25) is 0 Å². The largest absolute Gasteiger partial charge is 0.306 e. The lowest BCUT2D eigenvalue weighted by molar-refractivity contribution is 0.576. The first-order valence-corrected chi connectivity index (χ1v) is 3.51. The molecule has 0 saturated heterocycles. The molecule has 0 bridgehead atoms. The minimum absolute atomic E-state index is 0.165. The van der Waals surface area contributed by atoms with E-state index in [1.54, 1.807) is 0 Å². The zero-order chi connectivity index (χ0) is 9.56. The molecule has 1 rings (SSSR count). The third kappa shape index (κ3) is 2.79. The summed E-state index contributed by atoms with van der Waals surface area (Å²) in [5.41, 5.74) is 1.97. The van der Waals surface area contributed by atoms with Crippen LogP contribution in [0.1, 0.15) is 13.8 Å². The first kappa shape index (κ1) is 10.8. The minimum Gasteiger partial charge on any atom is -0.306 e. The number of hydrogen-bond acceptors (Lipinski definition) is 3. The van der Waals surface area contributed by atoms with Crippen LogP contribution < -0.4 is 11.3 Å². The van der Waals surface area contributed by atoms with Crippen molar-refractivity contribution >= 4 is 5.82 Å². The minimum atomic E-state index is -0.803. The van der Waals surface area contributed by atoms with Crippen LogP contribution in [-0.4, -0.2) is 4.98 Å². The molecule has 0 aliphatic rings. The van der Waals surface area contributed by atoms with E-state index >= 15 is 0 Å². The highest BCUT2D eigenvalue weighted by atomic mass is 19.1. The van der Waals surface area contributed by atoms with Gasteiger partial charge in [0.2, 0.25) is 0 Å². The van der Waals surface area contributed by atoms with Crippen molar-refractivity contribution in [3.05, 3.63) is 23.9 Å². The van der Waals surface area contributed by atoms with E-state index in [4.69, 9.17) is 5.84 Å². The van der Waals surface area contributed by atoms with E-state index in [1.807, 2.05) is 19.3 Å². The summed E-state index contributed by atoms with van der Waals surface area (Å²) in [4.78, 5) is 3.31. The van der Waals surface area contributed by atoms with Crippen LogP contribution in [-0.2, 0) is 0 Å². The molecule has 12 heavy (non-hydrogen) atoms. The molecule has 0 atom stereocenters. The third-order valence-electron chi connectivity index (χ3n) is 0.945. The van der Waals surface area contributed by atoms with Gasteiger partial charge in [-0.25, -0.2) is 19.6 Å². The van der Waals surface area contributed by atoms with Crippen LogP contribution in [0, 0.1) is 11.6 Å². The van der Waals surface area contributed by atoms with Gasteiger partial charge in [0.25, 0.3) is 0 Å². The van der Waals surface area contributed by atoms with Crippen LogP contribution >= 0.6 is 0 Å². The topological polar surface area (TPSA) is 50.9 Å². The van der Waals surface area contributed by atoms with Gasteiger partial charge >= 0.3 is 0 Å². The van der Waals surface area contributed by atoms with Gasteiger partial charge in [0.1, 0.15) is 5.82 Å². The summed E-state index contributed by atoms with van der Waals surface area (Å²) < 4.78 is 24.5. The first-order chi connectivity index (χ1) is 5.74. The summed E-state index contributed by atoms with van der Waals surface area (Å²) in [7, 11) is 0. The molecule has 5 heteroatoms. The van der Waals surface area contributed by atoms with Crippen molar-refractivity contribution in [1.29, 1.82) is 0 Å². The molecule has 0 amide bonds. The van der Waals surface area contributed by atoms with Crippen LogP contribution in [0.5, 0.6) is 0 Å². The zero-order valence-electron chi connectivity index (χ0n) is 6.94. The van der Waals surface area contributed by atoms with E-state index in [0.29, 0.717) is 6.07 Å². The fraction of sp³-hybridized carbons (Fsp3) is 0.286. The highest BCUT2D eigenvalue weighted by Gasteiger charge is 2.01. The molecule has 3 N–H and O–H groups in total. The van der Waals surface area contributed by atoms with E-state index < -0.39 is 11.6 Å². The van der Waals surface area contributed by atoms with Crippen LogP contribution in [0.15, 0.2) is 12.3 Å². The van der Waals surface area contributed by atoms with Crippen LogP contribution in [0.25, 0.3) is 0 Å². The van der Waals surface area contributed by atoms with Gasteiger partial charge in [-0.15, -0.1) is 0 Å².